The average Bonchev–Trinajstić information content (AvgIpc) is 3.80. The van der Waals surface area contributed by atoms with Gasteiger partial charge in [0.25, 0.3) is 10.9 Å². The average molecular weight is 584 g/mol. The first-order valence-electron chi connectivity index (χ1n) is 14.4. The molecule has 3 fully saturated rings. The van der Waals surface area contributed by atoms with Gasteiger partial charge in [-0.05, 0) is 69.0 Å². The molecule has 1 aromatic heterocycles. The Morgan fingerprint density at radius 1 is 0.950 bits per heavy atom. The number of hydrogen-bond acceptors (Lipinski definition) is 8. The fourth-order valence-electron chi connectivity index (χ4n) is 6.12. The fourth-order valence-corrected chi connectivity index (χ4v) is 6.53. The molecule has 2 aromatic carbocycles. The van der Waals surface area contributed by atoms with E-state index in [4.69, 9.17) is 23.2 Å². The van der Waals surface area contributed by atoms with Gasteiger partial charge in [-0.1, -0.05) is 42.3 Å². The Labute approximate surface area is 245 Å². The van der Waals surface area contributed by atoms with Gasteiger partial charge in [0.1, 0.15) is 17.2 Å². The predicted octanol–water partition coefficient (Wildman–Crippen LogP) is 4.87. The van der Waals surface area contributed by atoms with Crippen molar-refractivity contribution in [2.24, 2.45) is 0 Å². The van der Waals surface area contributed by atoms with Gasteiger partial charge in [-0.2, -0.15) is 0 Å². The molecular formula is C30H36Cl2N6O2. The lowest BCUT2D eigenvalue weighted by Crippen LogP contribution is -2.58. The number of benzene rings is 1. The summed E-state index contributed by atoms with van der Waals surface area (Å²) in [4.78, 5) is 36.3. The van der Waals surface area contributed by atoms with Crippen molar-refractivity contribution in [1.29, 1.82) is 0 Å². The maximum Gasteiger partial charge on any atom is 0.253 e. The van der Waals surface area contributed by atoms with Crippen LogP contribution in [0.15, 0.2) is 46.1 Å². The summed E-state index contributed by atoms with van der Waals surface area (Å²) in [6.45, 7) is 8.18. The highest BCUT2D eigenvalue weighted by Crippen LogP contribution is 2.33. The molecule has 2 saturated heterocycles. The molecule has 2 N–H and O–H groups in total. The molecule has 8 nitrogen and oxygen atoms in total. The number of anilines is 4. The fraction of sp³-hybridized carbons (Fsp3) is 0.500. The van der Waals surface area contributed by atoms with E-state index in [0.717, 1.165) is 69.4 Å². The maximum atomic E-state index is 12.1. The SMILES string of the molecule is CC[C@H]1CN(c2ncc(Nc3c(NC4CC4)c(=O)c3=O)cc2Cl)CCN1C1CCN(Cc2ccc(Cl)cc2)CC1. The highest BCUT2D eigenvalue weighted by Gasteiger charge is 2.34. The van der Waals surface area contributed by atoms with Gasteiger partial charge in [0, 0.05) is 49.3 Å². The summed E-state index contributed by atoms with van der Waals surface area (Å²) in [6, 6.07) is 11.3. The lowest BCUT2D eigenvalue weighted by Gasteiger charge is -2.47. The zero-order valence-corrected chi connectivity index (χ0v) is 24.3. The van der Waals surface area contributed by atoms with Crippen LogP contribution in [-0.2, 0) is 6.54 Å². The molecule has 1 atom stereocenters. The van der Waals surface area contributed by atoms with E-state index in [1.54, 1.807) is 12.3 Å². The summed E-state index contributed by atoms with van der Waals surface area (Å²) in [5.41, 5.74) is 1.65. The summed E-state index contributed by atoms with van der Waals surface area (Å²) in [5, 5.41) is 7.54. The van der Waals surface area contributed by atoms with Crippen LogP contribution in [0, 0.1) is 0 Å². The standard InChI is InChI=1S/C30H36Cl2N6O2/c1-2-23-18-37(13-14-38(23)24-9-11-36(12-10-24)17-19-3-5-20(31)6-4-19)30-25(32)15-22(16-33-30)35-27-26(28(39)29(27)40)34-21-7-8-21/h3-6,15-16,21,23-24,34-35H,2,7-14,17-18H2,1H3/t23-/m0/s1. The third-order valence-corrected chi connectivity index (χ3v) is 9.10. The van der Waals surface area contributed by atoms with Crippen molar-refractivity contribution in [3.63, 3.8) is 0 Å². The van der Waals surface area contributed by atoms with Crippen molar-refractivity contribution in [3.05, 3.63) is 72.6 Å². The van der Waals surface area contributed by atoms with Crippen molar-refractivity contribution in [2.75, 3.05) is 48.3 Å². The third-order valence-electron chi connectivity index (χ3n) is 8.57. The number of piperazine rings is 1. The van der Waals surface area contributed by atoms with Crippen LogP contribution in [0.5, 0.6) is 0 Å². The highest BCUT2D eigenvalue weighted by atomic mass is 35.5. The van der Waals surface area contributed by atoms with Crippen molar-refractivity contribution in [2.45, 2.75) is 63.7 Å². The van der Waals surface area contributed by atoms with E-state index in [2.05, 4.69) is 49.4 Å². The van der Waals surface area contributed by atoms with Gasteiger partial charge >= 0.3 is 0 Å². The predicted molar refractivity (Wildman–Crippen MR) is 163 cm³/mol. The van der Waals surface area contributed by atoms with Gasteiger partial charge in [-0.3, -0.25) is 19.4 Å². The smallest absolute Gasteiger partial charge is 0.253 e. The molecule has 0 spiro atoms. The first-order valence-corrected chi connectivity index (χ1v) is 15.1. The number of rotatable bonds is 9. The van der Waals surface area contributed by atoms with E-state index in [0.29, 0.717) is 40.2 Å². The summed E-state index contributed by atoms with van der Waals surface area (Å²) in [5.74, 6) is 0.768. The summed E-state index contributed by atoms with van der Waals surface area (Å²) in [7, 11) is 0. The summed E-state index contributed by atoms with van der Waals surface area (Å²) in [6.07, 6.45) is 7.17. The second kappa shape index (κ2) is 11.7. The molecule has 0 bridgehead atoms. The van der Waals surface area contributed by atoms with Crippen LogP contribution in [-0.4, -0.2) is 65.6 Å². The van der Waals surface area contributed by atoms with Crippen LogP contribution in [0.3, 0.4) is 0 Å². The molecule has 212 valence electrons. The summed E-state index contributed by atoms with van der Waals surface area (Å²) < 4.78 is 0. The molecule has 6 rings (SSSR count). The lowest BCUT2D eigenvalue weighted by molar-refractivity contribution is 0.0610. The van der Waals surface area contributed by atoms with Gasteiger partial charge in [0.2, 0.25) is 0 Å². The number of halogens is 2. The first kappa shape index (κ1) is 27.5. The number of piperidine rings is 1. The van der Waals surface area contributed by atoms with Gasteiger partial charge in [0.05, 0.1) is 16.9 Å². The molecule has 10 heteroatoms. The van der Waals surface area contributed by atoms with E-state index in [-0.39, 0.29) is 0 Å². The zero-order valence-electron chi connectivity index (χ0n) is 22.8. The number of pyridine rings is 1. The zero-order chi connectivity index (χ0) is 27.8. The molecule has 0 unspecified atom stereocenters. The van der Waals surface area contributed by atoms with E-state index in [9.17, 15) is 9.59 Å². The van der Waals surface area contributed by atoms with Crippen molar-refractivity contribution < 1.29 is 0 Å². The van der Waals surface area contributed by atoms with Crippen LogP contribution in [0.4, 0.5) is 22.9 Å². The number of aromatic nitrogens is 1. The molecule has 40 heavy (non-hydrogen) atoms. The number of nitrogens with zero attached hydrogens (tertiary/aromatic N) is 4. The van der Waals surface area contributed by atoms with E-state index >= 15 is 0 Å². The summed E-state index contributed by atoms with van der Waals surface area (Å²) >= 11 is 12.8. The van der Waals surface area contributed by atoms with Crippen LogP contribution in [0.25, 0.3) is 0 Å². The third kappa shape index (κ3) is 5.86. The quantitative estimate of drug-likeness (QED) is 0.346. The first-order chi connectivity index (χ1) is 19.4. The van der Waals surface area contributed by atoms with Gasteiger partial charge < -0.3 is 15.5 Å². The molecular weight excluding hydrogens is 547 g/mol. The molecule has 3 heterocycles. The van der Waals surface area contributed by atoms with Crippen LogP contribution in [0.1, 0.15) is 44.6 Å². The van der Waals surface area contributed by atoms with E-state index in [1.807, 2.05) is 12.1 Å². The minimum atomic E-state index is -0.499. The van der Waals surface area contributed by atoms with Crippen molar-refractivity contribution in [3.8, 4) is 0 Å². The van der Waals surface area contributed by atoms with E-state index in [1.165, 1.54) is 18.4 Å². The number of hydrogen-bond donors (Lipinski definition) is 2. The molecule has 2 aliphatic heterocycles. The highest BCUT2D eigenvalue weighted by molar-refractivity contribution is 6.33. The Hall–Kier alpha value is -2.65. The van der Waals surface area contributed by atoms with Crippen LogP contribution in [0.2, 0.25) is 10.0 Å². The maximum absolute atomic E-state index is 12.1. The Morgan fingerprint density at radius 3 is 2.35 bits per heavy atom. The van der Waals surface area contributed by atoms with Gasteiger partial charge in [-0.25, -0.2) is 4.98 Å². The Balaban J connectivity index is 1.05. The Morgan fingerprint density at radius 2 is 1.68 bits per heavy atom. The molecule has 1 saturated carbocycles. The van der Waals surface area contributed by atoms with Crippen molar-refractivity contribution in [1.82, 2.24) is 14.8 Å². The minimum absolute atomic E-state index is 0.292. The monoisotopic (exact) mass is 582 g/mol. The number of nitrogens with one attached hydrogen (secondary N) is 2. The van der Waals surface area contributed by atoms with Gasteiger partial charge in [-0.15, -0.1) is 0 Å². The minimum Gasteiger partial charge on any atom is -0.377 e. The van der Waals surface area contributed by atoms with Crippen LogP contribution >= 0.6 is 23.2 Å². The lowest BCUT2D eigenvalue weighted by atomic mass is 9.98. The van der Waals surface area contributed by atoms with E-state index < -0.39 is 10.9 Å². The molecule has 0 radical (unpaired) electrons. The van der Waals surface area contributed by atoms with Crippen LogP contribution < -0.4 is 26.4 Å². The Bertz CT molecular complexity index is 1410. The normalized spacial score (nSPS) is 21.2. The molecule has 0 amide bonds. The van der Waals surface area contributed by atoms with Gasteiger partial charge in [0.15, 0.2) is 0 Å². The topological polar surface area (TPSA) is 80.8 Å². The molecule has 1 aliphatic carbocycles. The van der Waals surface area contributed by atoms with Crippen molar-refractivity contribution >= 4 is 46.1 Å². The molecule has 3 aliphatic rings. The second-order valence-electron chi connectivity index (χ2n) is 11.4. The number of likely N-dealkylation sites (tertiary alicyclic amines) is 1. The molecule has 3 aromatic rings. The Kier molecular flexibility index (Phi) is 8.04. The second-order valence-corrected chi connectivity index (χ2v) is 12.2. The largest absolute Gasteiger partial charge is 0.377 e.